The summed E-state index contributed by atoms with van der Waals surface area (Å²) in [6.07, 6.45) is 8.69. The molecule has 0 unspecified atom stereocenters. The fourth-order valence-corrected chi connectivity index (χ4v) is 3.05. The Morgan fingerprint density at radius 1 is 1.05 bits per heavy atom. The number of rotatable bonds is 10. The van der Waals surface area contributed by atoms with Crippen molar-refractivity contribution in [1.29, 1.82) is 0 Å². The van der Waals surface area contributed by atoms with Crippen LogP contribution in [0.3, 0.4) is 0 Å². The molecule has 5 heteroatoms. The molecule has 0 atom stereocenters. The van der Waals surface area contributed by atoms with Crippen LogP contribution in [0.15, 0.2) is 23.1 Å². The predicted octanol–water partition coefficient (Wildman–Crippen LogP) is 3.77. The zero-order valence-corrected chi connectivity index (χ0v) is 13.9. The van der Waals surface area contributed by atoms with Crippen molar-refractivity contribution in [3.8, 4) is 5.75 Å². The highest BCUT2D eigenvalue weighted by atomic mass is 32.2. The molecule has 0 aliphatic heterocycles. The lowest BCUT2D eigenvalue weighted by atomic mass is 10.1. The van der Waals surface area contributed by atoms with Gasteiger partial charge in [0.25, 0.3) is 0 Å². The topological polar surface area (TPSA) is 69.4 Å². The number of ether oxygens (including phenoxy) is 1. The maximum Gasteiger partial charge on any atom is 0.238 e. The Labute approximate surface area is 128 Å². The quantitative estimate of drug-likeness (QED) is 0.668. The highest BCUT2D eigenvalue weighted by Crippen LogP contribution is 2.20. The second kappa shape index (κ2) is 9.05. The van der Waals surface area contributed by atoms with Gasteiger partial charge in [-0.3, -0.25) is 0 Å². The molecule has 0 bridgehead atoms. The molecule has 0 heterocycles. The van der Waals surface area contributed by atoms with E-state index in [1.54, 1.807) is 19.1 Å². The molecule has 0 fully saturated rings. The van der Waals surface area contributed by atoms with E-state index in [1.807, 2.05) is 0 Å². The third-order valence-corrected chi connectivity index (χ3v) is 4.54. The van der Waals surface area contributed by atoms with Gasteiger partial charge in [0, 0.05) is 0 Å². The van der Waals surface area contributed by atoms with Crippen molar-refractivity contribution in [3.05, 3.63) is 23.8 Å². The number of aryl methyl sites for hydroxylation is 1. The standard InChI is InChI=1S/C16H27NO3S/c1-3-4-5-6-7-8-9-12-20-15-10-11-16(14(2)13-15)21(17,18)19/h10-11,13H,3-9,12H2,1-2H3,(H2,17,18,19). The van der Waals surface area contributed by atoms with E-state index >= 15 is 0 Å². The van der Waals surface area contributed by atoms with Crippen molar-refractivity contribution in [3.63, 3.8) is 0 Å². The fourth-order valence-electron chi connectivity index (χ4n) is 2.28. The molecule has 0 aliphatic rings. The highest BCUT2D eigenvalue weighted by molar-refractivity contribution is 7.89. The summed E-state index contributed by atoms with van der Waals surface area (Å²) in [7, 11) is -3.65. The normalized spacial score (nSPS) is 11.6. The van der Waals surface area contributed by atoms with Crippen LogP contribution < -0.4 is 9.88 Å². The molecule has 0 aromatic heterocycles. The maximum atomic E-state index is 11.3. The molecular weight excluding hydrogens is 286 g/mol. The van der Waals surface area contributed by atoms with Gasteiger partial charge in [-0.1, -0.05) is 45.4 Å². The lowest BCUT2D eigenvalue weighted by Gasteiger charge is -2.09. The Morgan fingerprint density at radius 2 is 1.67 bits per heavy atom. The second-order valence-electron chi connectivity index (χ2n) is 5.44. The molecule has 21 heavy (non-hydrogen) atoms. The summed E-state index contributed by atoms with van der Waals surface area (Å²) >= 11 is 0. The van der Waals surface area contributed by atoms with E-state index in [2.05, 4.69) is 6.92 Å². The van der Waals surface area contributed by atoms with Crippen molar-refractivity contribution in [2.75, 3.05) is 6.61 Å². The van der Waals surface area contributed by atoms with Gasteiger partial charge in [-0.2, -0.15) is 0 Å². The van der Waals surface area contributed by atoms with E-state index in [-0.39, 0.29) is 4.90 Å². The smallest absolute Gasteiger partial charge is 0.238 e. The van der Waals surface area contributed by atoms with E-state index in [9.17, 15) is 8.42 Å². The highest BCUT2D eigenvalue weighted by Gasteiger charge is 2.11. The van der Waals surface area contributed by atoms with E-state index in [0.29, 0.717) is 17.9 Å². The lowest BCUT2D eigenvalue weighted by molar-refractivity contribution is 0.304. The van der Waals surface area contributed by atoms with Crippen LogP contribution in [-0.4, -0.2) is 15.0 Å². The number of sulfonamides is 1. The van der Waals surface area contributed by atoms with Crippen molar-refractivity contribution in [2.24, 2.45) is 5.14 Å². The van der Waals surface area contributed by atoms with Crippen molar-refractivity contribution < 1.29 is 13.2 Å². The van der Waals surface area contributed by atoms with E-state index in [0.717, 1.165) is 6.42 Å². The first-order valence-electron chi connectivity index (χ1n) is 7.71. The summed E-state index contributed by atoms with van der Waals surface area (Å²) in [6.45, 7) is 4.61. The molecule has 0 aliphatic carbocycles. The Hall–Kier alpha value is -1.07. The Balaban J connectivity index is 2.29. The van der Waals surface area contributed by atoms with Gasteiger partial charge in [-0.25, -0.2) is 13.6 Å². The van der Waals surface area contributed by atoms with Gasteiger partial charge >= 0.3 is 0 Å². The Bertz CT molecular complexity index is 526. The van der Waals surface area contributed by atoms with Crippen LogP contribution in [0.25, 0.3) is 0 Å². The van der Waals surface area contributed by atoms with Crippen LogP contribution in [0.5, 0.6) is 5.75 Å². The zero-order chi connectivity index (χ0) is 15.7. The fraction of sp³-hybridized carbons (Fsp3) is 0.625. The molecule has 1 aromatic rings. The van der Waals surface area contributed by atoms with Crippen LogP contribution in [0.2, 0.25) is 0 Å². The van der Waals surface area contributed by atoms with Crippen molar-refractivity contribution in [1.82, 2.24) is 0 Å². The molecule has 0 spiro atoms. The lowest BCUT2D eigenvalue weighted by Crippen LogP contribution is -2.13. The predicted molar refractivity (Wildman–Crippen MR) is 86.0 cm³/mol. The molecule has 0 amide bonds. The van der Waals surface area contributed by atoms with Crippen molar-refractivity contribution >= 4 is 10.0 Å². The van der Waals surface area contributed by atoms with Gasteiger partial charge < -0.3 is 4.74 Å². The number of nitrogens with two attached hydrogens (primary N) is 1. The summed E-state index contributed by atoms with van der Waals surface area (Å²) in [6, 6.07) is 4.89. The largest absolute Gasteiger partial charge is 0.494 e. The summed E-state index contributed by atoms with van der Waals surface area (Å²) in [5.41, 5.74) is 0.620. The number of primary sulfonamides is 1. The maximum absolute atomic E-state index is 11.3. The van der Waals surface area contributed by atoms with Gasteiger partial charge in [0.15, 0.2) is 0 Å². The zero-order valence-electron chi connectivity index (χ0n) is 13.1. The molecule has 1 rings (SSSR count). The number of hydrogen-bond donors (Lipinski definition) is 1. The summed E-state index contributed by atoms with van der Waals surface area (Å²) in [5.74, 6) is 0.700. The van der Waals surface area contributed by atoms with Crippen LogP contribution in [0.1, 0.15) is 57.4 Å². The van der Waals surface area contributed by atoms with Crippen LogP contribution >= 0.6 is 0 Å². The number of unbranched alkanes of at least 4 members (excludes halogenated alkanes) is 6. The van der Waals surface area contributed by atoms with E-state index in [1.165, 1.54) is 44.6 Å². The molecule has 1 aromatic carbocycles. The molecular formula is C16H27NO3S. The SMILES string of the molecule is CCCCCCCCCOc1ccc(S(N)(=O)=O)c(C)c1. The molecule has 2 N–H and O–H groups in total. The second-order valence-corrected chi connectivity index (χ2v) is 6.97. The average molecular weight is 313 g/mol. The third-order valence-electron chi connectivity index (χ3n) is 3.47. The van der Waals surface area contributed by atoms with Gasteiger partial charge in [-0.05, 0) is 37.1 Å². The van der Waals surface area contributed by atoms with Gasteiger partial charge in [0.05, 0.1) is 11.5 Å². The molecule has 4 nitrogen and oxygen atoms in total. The molecule has 0 saturated heterocycles. The molecule has 0 saturated carbocycles. The van der Waals surface area contributed by atoms with Gasteiger partial charge in [0.1, 0.15) is 5.75 Å². The summed E-state index contributed by atoms with van der Waals surface area (Å²) < 4.78 is 28.3. The minimum atomic E-state index is -3.65. The molecule has 120 valence electrons. The van der Waals surface area contributed by atoms with Gasteiger partial charge in [-0.15, -0.1) is 0 Å². The van der Waals surface area contributed by atoms with E-state index < -0.39 is 10.0 Å². The van der Waals surface area contributed by atoms with Crippen LogP contribution in [-0.2, 0) is 10.0 Å². The third kappa shape index (κ3) is 6.96. The first-order chi connectivity index (χ1) is 9.95. The number of hydrogen-bond acceptors (Lipinski definition) is 3. The Morgan fingerprint density at radius 3 is 2.24 bits per heavy atom. The van der Waals surface area contributed by atoms with Crippen molar-refractivity contribution in [2.45, 2.75) is 63.7 Å². The average Bonchev–Trinajstić information content (AvgIpc) is 2.40. The van der Waals surface area contributed by atoms with Crippen LogP contribution in [0, 0.1) is 6.92 Å². The van der Waals surface area contributed by atoms with E-state index in [4.69, 9.17) is 9.88 Å². The summed E-state index contributed by atoms with van der Waals surface area (Å²) in [5, 5.41) is 5.13. The minimum absolute atomic E-state index is 0.158. The number of benzene rings is 1. The first kappa shape index (κ1) is 18.0. The Kier molecular flexibility index (Phi) is 7.75. The monoisotopic (exact) mass is 313 g/mol. The van der Waals surface area contributed by atoms with Gasteiger partial charge in [0.2, 0.25) is 10.0 Å². The first-order valence-corrected chi connectivity index (χ1v) is 9.26. The van der Waals surface area contributed by atoms with Crippen LogP contribution in [0.4, 0.5) is 0 Å². The minimum Gasteiger partial charge on any atom is -0.494 e. The summed E-state index contributed by atoms with van der Waals surface area (Å²) in [4.78, 5) is 0.158. The molecule has 0 radical (unpaired) electrons.